The molecule has 3 nitrogen and oxygen atoms in total. The average molecular weight is 284 g/mol. The minimum Gasteiger partial charge on any atom is -0.493 e. The van der Waals surface area contributed by atoms with Gasteiger partial charge >= 0.3 is 0 Å². The molecule has 1 aromatic rings. The van der Waals surface area contributed by atoms with Crippen molar-refractivity contribution in [3.05, 3.63) is 24.3 Å². The Labute approximate surface area is 120 Å². The van der Waals surface area contributed by atoms with Crippen molar-refractivity contribution in [1.82, 2.24) is 5.32 Å². The van der Waals surface area contributed by atoms with Crippen molar-refractivity contribution in [3.8, 4) is 11.5 Å². The maximum atomic E-state index is 6.09. The van der Waals surface area contributed by atoms with Crippen LogP contribution in [-0.2, 0) is 0 Å². The first kappa shape index (κ1) is 14.5. The maximum absolute atomic E-state index is 6.09. The fourth-order valence-electron chi connectivity index (χ4n) is 2.42. The van der Waals surface area contributed by atoms with Crippen LogP contribution in [-0.4, -0.2) is 31.7 Å². The lowest BCUT2D eigenvalue weighted by Gasteiger charge is -2.25. The molecule has 0 radical (unpaired) electrons. The summed E-state index contributed by atoms with van der Waals surface area (Å²) in [7, 11) is 1.66. The van der Waals surface area contributed by atoms with Gasteiger partial charge in [-0.1, -0.05) is 12.1 Å². The summed E-state index contributed by atoms with van der Waals surface area (Å²) in [6.45, 7) is 1.51. The summed E-state index contributed by atoms with van der Waals surface area (Å²) >= 11 is 6.09. The van der Waals surface area contributed by atoms with E-state index in [2.05, 4.69) is 5.32 Å². The van der Waals surface area contributed by atoms with E-state index in [1.807, 2.05) is 24.3 Å². The fraction of sp³-hybridized carbons (Fsp3) is 0.600. The number of ether oxygens (including phenoxy) is 2. The normalized spacial score (nSPS) is 23.1. The van der Waals surface area contributed by atoms with Crippen LogP contribution in [0.1, 0.15) is 25.7 Å². The number of rotatable bonds is 6. The molecule has 4 heteroatoms. The van der Waals surface area contributed by atoms with Crippen molar-refractivity contribution in [1.29, 1.82) is 0 Å². The Balaban J connectivity index is 1.66. The number of nitrogens with one attached hydrogen (secondary N) is 1. The van der Waals surface area contributed by atoms with Crippen molar-refractivity contribution in [2.24, 2.45) is 0 Å². The van der Waals surface area contributed by atoms with Gasteiger partial charge in [-0.25, -0.2) is 0 Å². The first-order valence-corrected chi connectivity index (χ1v) is 7.36. The number of benzene rings is 1. The number of methoxy groups -OCH3 is 1. The highest BCUT2D eigenvalue weighted by atomic mass is 35.5. The predicted molar refractivity (Wildman–Crippen MR) is 78.4 cm³/mol. The number of hydrogen-bond acceptors (Lipinski definition) is 3. The quantitative estimate of drug-likeness (QED) is 0.642. The largest absolute Gasteiger partial charge is 0.493 e. The van der Waals surface area contributed by atoms with Crippen LogP contribution in [0.4, 0.5) is 0 Å². The van der Waals surface area contributed by atoms with Crippen molar-refractivity contribution >= 4 is 11.6 Å². The van der Waals surface area contributed by atoms with E-state index in [4.69, 9.17) is 21.1 Å². The van der Waals surface area contributed by atoms with E-state index in [0.29, 0.717) is 18.0 Å². The highest BCUT2D eigenvalue weighted by Crippen LogP contribution is 2.25. The number of halogens is 1. The second kappa shape index (κ2) is 7.61. The van der Waals surface area contributed by atoms with Crippen LogP contribution in [0.2, 0.25) is 0 Å². The van der Waals surface area contributed by atoms with Gasteiger partial charge in [0.1, 0.15) is 6.61 Å². The lowest BCUT2D eigenvalue weighted by Crippen LogP contribution is -2.35. The highest BCUT2D eigenvalue weighted by molar-refractivity contribution is 6.20. The molecule has 0 aromatic heterocycles. The van der Waals surface area contributed by atoms with Crippen LogP contribution in [0.3, 0.4) is 0 Å². The predicted octanol–water partition coefficient (Wildman–Crippen LogP) is 3.21. The molecule has 1 N–H and O–H groups in total. The Bertz CT molecular complexity index is 378. The Morgan fingerprint density at radius 1 is 1.16 bits per heavy atom. The monoisotopic (exact) mass is 283 g/mol. The van der Waals surface area contributed by atoms with Gasteiger partial charge in [-0.05, 0) is 37.8 Å². The summed E-state index contributed by atoms with van der Waals surface area (Å²) in [5.41, 5.74) is 0. The second-order valence-electron chi connectivity index (χ2n) is 4.90. The number of alkyl halides is 1. The molecule has 19 heavy (non-hydrogen) atoms. The molecule has 0 unspecified atom stereocenters. The minimum absolute atomic E-state index is 0.378. The third-order valence-electron chi connectivity index (χ3n) is 3.52. The van der Waals surface area contributed by atoms with E-state index in [-0.39, 0.29) is 0 Å². The Morgan fingerprint density at radius 2 is 1.84 bits per heavy atom. The molecule has 0 heterocycles. The molecule has 1 fully saturated rings. The van der Waals surface area contributed by atoms with Gasteiger partial charge in [-0.15, -0.1) is 11.6 Å². The van der Waals surface area contributed by atoms with Gasteiger partial charge < -0.3 is 14.8 Å². The molecule has 0 bridgehead atoms. The summed E-state index contributed by atoms with van der Waals surface area (Å²) in [4.78, 5) is 0. The lowest BCUT2D eigenvalue weighted by molar-refractivity contribution is 0.276. The molecule has 1 aliphatic carbocycles. The molecular formula is C15H22ClNO2. The zero-order valence-electron chi connectivity index (χ0n) is 11.4. The van der Waals surface area contributed by atoms with Gasteiger partial charge in [0.25, 0.3) is 0 Å². The van der Waals surface area contributed by atoms with Crippen LogP contribution in [0, 0.1) is 0 Å². The zero-order valence-corrected chi connectivity index (χ0v) is 12.2. The maximum Gasteiger partial charge on any atom is 0.161 e. The molecule has 0 amide bonds. The van der Waals surface area contributed by atoms with Crippen LogP contribution in [0.5, 0.6) is 11.5 Å². The molecule has 1 aromatic carbocycles. The van der Waals surface area contributed by atoms with Crippen LogP contribution >= 0.6 is 11.6 Å². The summed E-state index contributed by atoms with van der Waals surface area (Å²) < 4.78 is 11.0. The van der Waals surface area contributed by atoms with Crippen LogP contribution in [0.25, 0.3) is 0 Å². The van der Waals surface area contributed by atoms with Gasteiger partial charge in [0.15, 0.2) is 11.5 Å². The van der Waals surface area contributed by atoms with Crippen LogP contribution < -0.4 is 14.8 Å². The van der Waals surface area contributed by atoms with E-state index >= 15 is 0 Å². The van der Waals surface area contributed by atoms with Crippen molar-refractivity contribution in [2.75, 3.05) is 20.3 Å². The summed E-state index contributed by atoms with van der Waals surface area (Å²) in [5.74, 6) is 1.58. The van der Waals surface area contributed by atoms with Crippen molar-refractivity contribution in [2.45, 2.75) is 37.1 Å². The second-order valence-corrected chi connectivity index (χ2v) is 5.52. The first-order chi connectivity index (χ1) is 9.29. The van der Waals surface area contributed by atoms with Crippen molar-refractivity contribution in [3.63, 3.8) is 0 Å². The Morgan fingerprint density at radius 3 is 2.53 bits per heavy atom. The molecule has 1 saturated carbocycles. The zero-order chi connectivity index (χ0) is 13.5. The minimum atomic E-state index is 0.378. The Kier molecular flexibility index (Phi) is 5.80. The van der Waals surface area contributed by atoms with Gasteiger partial charge in [0.2, 0.25) is 0 Å². The molecule has 0 aliphatic heterocycles. The van der Waals surface area contributed by atoms with Gasteiger partial charge in [0.05, 0.1) is 7.11 Å². The molecule has 1 aliphatic rings. The summed E-state index contributed by atoms with van der Waals surface area (Å²) in [5, 5.41) is 3.90. The molecular weight excluding hydrogens is 262 g/mol. The standard InChI is InChI=1S/C15H22ClNO2/c1-18-14-4-2-3-5-15(14)19-11-10-17-13-8-6-12(16)7-9-13/h2-5,12-13,17H,6-11H2,1H3. The molecule has 2 rings (SSSR count). The molecule has 106 valence electrons. The van der Waals surface area contributed by atoms with Crippen molar-refractivity contribution < 1.29 is 9.47 Å². The molecule has 0 atom stereocenters. The van der Waals surface area contributed by atoms with E-state index in [0.717, 1.165) is 30.9 Å². The van der Waals surface area contributed by atoms with Gasteiger partial charge in [-0.2, -0.15) is 0 Å². The lowest BCUT2D eigenvalue weighted by atomic mass is 9.95. The average Bonchev–Trinajstić information content (AvgIpc) is 2.46. The fourth-order valence-corrected chi connectivity index (χ4v) is 2.67. The topological polar surface area (TPSA) is 30.5 Å². The third kappa shape index (κ3) is 4.59. The molecule has 0 saturated heterocycles. The third-order valence-corrected chi connectivity index (χ3v) is 3.95. The highest BCUT2D eigenvalue weighted by Gasteiger charge is 2.18. The Hall–Kier alpha value is -0.930. The van der Waals surface area contributed by atoms with E-state index in [9.17, 15) is 0 Å². The van der Waals surface area contributed by atoms with Crippen LogP contribution in [0.15, 0.2) is 24.3 Å². The summed E-state index contributed by atoms with van der Waals surface area (Å²) in [6, 6.07) is 8.32. The first-order valence-electron chi connectivity index (χ1n) is 6.93. The SMILES string of the molecule is COc1ccccc1OCCNC1CCC(Cl)CC1. The van der Waals surface area contributed by atoms with Gasteiger partial charge in [-0.3, -0.25) is 0 Å². The smallest absolute Gasteiger partial charge is 0.161 e. The number of para-hydroxylation sites is 2. The van der Waals surface area contributed by atoms with E-state index < -0.39 is 0 Å². The van der Waals surface area contributed by atoms with Gasteiger partial charge in [0, 0.05) is 18.0 Å². The van der Waals surface area contributed by atoms with E-state index in [1.165, 1.54) is 12.8 Å². The van der Waals surface area contributed by atoms with E-state index in [1.54, 1.807) is 7.11 Å². The molecule has 0 spiro atoms. The summed E-state index contributed by atoms with van der Waals surface area (Å²) in [6.07, 6.45) is 4.57. The number of hydrogen-bond donors (Lipinski definition) is 1.